The highest BCUT2D eigenvalue weighted by atomic mass is 16.5. The molecule has 2 rings (SSSR count). The van der Waals surface area contributed by atoms with Gasteiger partial charge in [-0.05, 0) is 58.7 Å². The molecule has 0 saturated heterocycles. The van der Waals surface area contributed by atoms with Crippen LogP contribution >= 0.6 is 0 Å². The van der Waals surface area contributed by atoms with Crippen molar-refractivity contribution < 1.29 is 14.3 Å². The first-order valence-corrected chi connectivity index (χ1v) is 9.92. The quantitative estimate of drug-likeness (QED) is 0.769. The number of nitrogens with zero attached hydrogens (tertiary/aromatic N) is 1. The average Bonchev–Trinajstić information content (AvgIpc) is 2.63. The lowest BCUT2D eigenvalue weighted by molar-refractivity contribution is -0.142. The second-order valence-electron chi connectivity index (χ2n) is 8.48. The van der Waals surface area contributed by atoms with Crippen LogP contribution in [0.1, 0.15) is 44.4 Å². The van der Waals surface area contributed by atoms with E-state index in [0.29, 0.717) is 12.3 Å². The van der Waals surface area contributed by atoms with E-state index in [0.717, 1.165) is 16.7 Å². The smallest absolute Gasteiger partial charge is 0.261 e. The zero-order valence-corrected chi connectivity index (χ0v) is 18.3. The molecule has 0 aliphatic heterocycles. The van der Waals surface area contributed by atoms with Crippen LogP contribution in [0.25, 0.3) is 0 Å². The fourth-order valence-electron chi connectivity index (χ4n) is 3.00. The maximum atomic E-state index is 13.0. The third kappa shape index (κ3) is 6.93. The van der Waals surface area contributed by atoms with Crippen LogP contribution in [-0.2, 0) is 16.1 Å². The van der Waals surface area contributed by atoms with Gasteiger partial charge in [0.1, 0.15) is 11.8 Å². The van der Waals surface area contributed by atoms with Crippen LogP contribution in [0.15, 0.2) is 48.5 Å². The van der Waals surface area contributed by atoms with E-state index in [1.807, 2.05) is 83.1 Å². The Morgan fingerprint density at radius 1 is 1.07 bits per heavy atom. The number of aryl methyl sites for hydroxylation is 2. The predicted molar refractivity (Wildman–Crippen MR) is 116 cm³/mol. The van der Waals surface area contributed by atoms with E-state index < -0.39 is 6.04 Å². The molecule has 0 fully saturated rings. The van der Waals surface area contributed by atoms with Gasteiger partial charge in [0.05, 0.1) is 0 Å². The molecule has 0 aromatic heterocycles. The maximum Gasteiger partial charge on any atom is 0.261 e. The summed E-state index contributed by atoms with van der Waals surface area (Å²) >= 11 is 0. The van der Waals surface area contributed by atoms with Crippen molar-refractivity contribution in [1.29, 1.82) is 0 Å². The summed E-state index contributed by atoms with van der Waals surface area (Å²) in [5.41, 5.74) is 2.67. The summed E-state index contributed by atoms with van der Waals surface area (Å²) in [4.78, 5) is 27.4. The van der Waals surface area contributed by atoms with Crippen molar-refractivity contribution in [3.05, 3.63) is 65.2 Å². The van der Waals surface area contributed by atoms with Gasteiger partial charge >= 0.3 is 0 Å². The summed E-state index contributed by atoms with van der Waals surface area (Å²) in [6.45, 7) is 11.7. The summed E-state index contributed by atoms with van der Waals surface area (Å²) in [6, 6.07) is 14.9. The van der Waals surface area contributed by atoms with Crippen LogP contribution in [0.3, 0.4) is 0 Å². The molecule has 156 valence electrons. The molecule has 2 aromatic carbocycles. The molecule has 5 nitrogen and oxygen atoms in total. The fourth-order valence-corrected chi connectivity index (χ4v) is 3.00. The topological polar surface area (TPSA) is 58.6 Å². The Balaban J connectivity index is 2.19. The number of ether oxygens (including phenoxy) is 1. The molecule has 1 unspecified atom stereocenters. The Hall–Kier alpha value is -2.82. The molecule has 0 aliphatic carbocycles. The van der Waals surface area contributed by atoms with Crippen LogP contribution in [0, 0.1) is 13.8 Å². The van der Waals surface area contributed by atoms with Gasteiger partial charge in [0.25, 0.3) is 5.91 Å². The first-order chi connectivity index (χ1) is 13.6. The Labute approximate surface area is 174 Å². The van der Waals surface area contributed by atoms with Gasteiger partial charge in [0.2, 0.25) is 5.91 Å². The molecule has 0 radical (unpaired) electrons. The number of para-hydroxylation sites is 1. The van der Waals surface area contributed by atoms with Crippen molar-refractivity contribution in [3.8, 4) is 5.75 Å². The minimum atomic E-state index is -0.622. The average molecular weight is 397 g/mol. The van der Waals surface area contributed by atoms with Crippen LogP contribution in [0.5, 0.6) is 5.75 Å². The second kappa shape index (κ2) is 9.59. The number of hydrogen-bond acceptors (Lipinski definition) is 3. The van der Waals surface area contributed by atoms with Crippen molar-refractivity contribution in [2.45, 2.75) is 59.7 Å². The Morgan fingerprint density at radius 3 is 2.38 bits per heavy atom. The van der Waals surface area contributed by atoms with E-state index in [9.17, 15) is 9.59 Å². The normalized spacial score (nSPS) is 12.2. The molecule has 0 aliphatic rings. The van der Waals surface area contributed by atoms with Crippen molar-refractivity contribution >= 4 is 11.8 Å². The predicted octanol–water partition coefficient (Wildman–Crippen LogP) is 4.01. The molecule has 0 saturated carbocycles. The fraction of sp³-hybridized carbons (Fsp3) is 0.417. The van der Waals surface area contributed by atoms with Gasteiger partial charge < -0.3 is 15.0 Å². The lowest BCUT2D eigenvalue weighted by atomic mass is 10.1. The second-order valence-corrected chi connectivity index (χ2v) is 8.48. The van der Waals surface area contributed by atoms with Gasteiger partial charge in [0, 0.05) is 12.1 Å². The van der Waals surface area contributed by atoms with Gasteiger partial charge in [-0.2, -0.15) is 0 Å². The first-order valence-electron chi connectivity index (χ1n) is 9.92. The molecular weight excluding hydrogens is 364 g/mol. The van der Waals surface area contributed by atoms with Gasteiger partial charge in [-0.15, -0.1) is 0 Å². The number of carbonyl (C=O) groups excluding carboxylic acids is 2. The first kappa shape index (κ1) is 22.5. The van der Waals surface area contributed by atoms with Crippen molar-refractivity contribution in [2.75, 3.05) is 6.61 Å². The van der Waals surface area contributed by atoms with Crippen LogP contribution in [0.4, 0.5) is 0 Å². The molecule has 0 heterocycles. The minimum Gasteiger partial charge on any atom is -0.484 e. The summed E-state index contributed by atoms with van der Waals surface area (Å²) in [7, 11) is 0. The monoisotopic (exact) mass is 396 g/mol. The summed E-state index contributed by atoms with van der Waals surface area (Å²) in [5, 5.41) is 2.96. The molecule has 5 heteroatoms. The van der Waals surface area contributed by atoms with E-state index >= 15 is 0 Å². The molecule has 0 spiro atoms. The van der Waals surface area contributed by atoms with Gasteiger partial charge in [-0.25, -0.2) is 0 Å². The number of nitrogens with one attached hydrogen (secondary N) is 1. The summed E-state index contributed by atoms with van der Waals surface area (Å²) < 4.78 is 5.75. The number of rotatable bonds is 7. The minimum absolute atomic E-state index is 0.121. The highest BCUT2D eigenvalue weighted by Crippen LogP contribution is 2.17. The zero-order chi connectivity index (χ0) is 21.6. The molecule has 1 N–H and O–H groups in total. The Bertz CT molecular complexity index is 855. The number of hydrogen-bond donors (Lipinski definition) is 1. The molecular formula is C24H32N2O3. The Morgan fingerprint density at radius 2 is 1.76 bits per heavy atom. The van der Waals surface area contributed by atoms with Gasteiger partial charge in [-0.1, -0.05) is 48.0 Å². The van der Waals surface area contributed by atoms with Crippen LogP contribution < -0.4 is 10.1 Å². The third-order valence-corrected chi connectivity index (χ3v) is 4.55. The van der Waals surface area contributed by atoms with Gasteiger partial charge in [-0.3, -0.25) is 9.59 Å². The SMILES string of the molecule is Cc1cccc(CN(C(=O)COc2ccccc2C)C(C)C(=O)NC(C)(C)C)c1. The zero-order valence-electron chi connectivity index (χ0n) is 18.3. The number of amides is 2. The van der Waals surface area contributed by atoms with E-state index in [1.54, 1.807) is 11.8 Å². The summed E-state index contributed by atoms with van der Waals surface area (Å²) in [5.74, 6) is 0.254. The molecule has 29 heavy (non-hydrogen) atoms. The van der Waals surface area contributed by atoms with Crippen molar-refractivity contribution in [2.24, 2.45) is 0 Å². The van der Waals surface area contributed by atoms with E-state index in [-0.39, 0.29) is 24.0 Å². The van der Waals surface area contributed by atoms with Crippen LogP contribution in [-0.4, -0.2) is 34.9 Å². The maximum absolute atomic E-state index is 13.0. The largest absolute Gasteiger partial charge is 0.484 e. The van der Waals surface area contributed by atoms with E-state index in [1.165, 1.54) is 0 Å². The molecule has 1 atom stereocenters. The molecule has 2 aromatic rings. The number of benzene rings is 2. The Kier molecular flexibility index (Phi) is 7.43. The van der Waals surface area contributed by atoms with Crippen molar-refractivity contribution in [1.82, 2.24) is 10.2 Å². The van der Waals surface area contributed by atoms with E-state index in [4.69, 9.17) is 4.74 Å². The van der Waals surface area contributed by atoms with Crippen molar-refractivity contribution in [3.63, 3.8) is 0 Å². The van der Waals surface area contributed by atoms with Gasteiger partial charge in [0.15, 0.2) is 6.61 Å². The molecule has 2 amide bonds. The lowest BCUT2D eigenvalue weighted by Crippen LogP contribution is -2.53. The summed E-state index contributed by atoms with van der Waals surface area (Å²) in [6.07, 6.45) is 0. The van der Waals surface area contributed by atoms with E-state index in [2.05, 4.69) is 5.32 Å². The highest BCUT2D eigenvalue weighted by molar-refractivity contribution is 5.88. The lowest BCUT2D eigenvalue weighted by Gasteiger charge is -2.31. The standard InChI is InChI=1S/C24H32N2O3/c1-17-10-9-12-20(14-17)15-26(19(3)23(28)25-24(4,5)6)22(27)16-29-21-13-8-7-11-18(21)2/h7-14,19H,15-16H2,1-6H3,(H,25,28). The van der Waals surface area contributed by atoms with Crippen LogP contribution in [0.2, 0.25) is 0 Å². The molecule has 0 bridgehead atoms. The third-order valence-electron chi connectivity index (χ3n) is 4.55. The highest BCUT2D eigenvalue weighted by Gasteiger charge is 2.28. The number of carbonyl (C=O) groups is 2.